The number of para-hydroxylation sites is 2. The van der Waals surface area contributed by atoms with Crippen molar-refractivity contribution in [3.63, 3.8) is 0 Å². The number of allylic oxidation sites excluding steroid dienone is 2. The number of amides is 16. The normalized spacial score (nSPS) is 22.9. The first-order valence-electron chi connectivity index (χ1n) is 46.9. The molecule has 0 bridgehead atoms. The molecule has 0 saturated carbocycles. The second-order valence-electron chi connectivity index (χ2n) is 35.8. The number of primary amides is 2. The molecule has 2 aliphatic heterocycles. The van der Waals surface area contributed by atoms with E-state index in [9.17, 15) is 62.6 Å². The first-order chi connectivity index (χ1) is 66.3. The Morgan fingerprint density at radius 3 is 1.76 bits per heavy atom. The molecule has 0 radical (unpaired) electrons. The van der Waals surface area contributed by atoms with Gasteiger partial charge in [-0.3, -0.25) is 97.0 Å². The van der Waals surface area contributed by atoms with Crippen LogP contribution in [0.4, 0.5) is 0 Å². The van der Waals surface area contributed by atoms with Gasteiger partial charge >= 0.3 is 11.8 Å². The molecular formula is C97H134N22O19S. The van der Waals surface area contributed by atoms with Gasteiger partial charge < -0.3 is 104 Å². The third-order valence-electron chi connectivity index (χ3n) is 24.8. The number of benzene rings is 3. The summed E-state index contributed by atoms with van der Waals surface area (Å²) in [5.41, 5.74) is 20.0. The number of nitrogens with zero attached hydrogens (tertiary/aromatic N) is 6. The number of fused-ring (bicyclic) bond motifs is 3. The summed E-state index contributed by atoms with van der Waals surface area (Å²) in [4.78, 5) is 283. The smallest absolute Gasteiger partial charge is 0.315 e. The Hall–Kier alpha value is -13.9. The van der Waals surface area contributed by atoms with Crippen LogP contribution in [0.1, 0.15) is 159 Å². The number of carbonyl (C=O) groups excluding carboxylic acids is 18. The lowest BCUT2D eigenvalue weighted by molar-refractivity contribution is -0.150. The number of imide groups is 1. The fourth-order valence-electron chi connectivity index (χ4n) is 17.1. The van der Waals surface area contributed by atoms with Crippen LogP contribution in [0.2, 0.25) is 0 Å². The Bertz CT molecular complexity index is 5340. The van der Waals surface area contributed by atoms with E-state index >= 15 is 28.8 Å². The van der Waals surface area contributed by atoms with Gasteiger partial charge in [-0.2, -0.15) is 0 Å². The fraction of sp³-hybridized carbons (Fsp3) is 0.505. The van der Waals surface area contributed by atoms with E-state index in [0.717, 1.165) is 14.7 Å². The van der Waals surface area contributed by atoms with E-state index in [2.05, 4.69) is 75.6 Å². The van der Waals surface area contributed by atoms with Crippen LogP contribution in [0.25, 0.3) is 21.8 Å². The van der Waals surface area contributed by atoms with Crippen molar-refractivity contribution in [3.8, 4) is 0 Å². The number of rotatable bonds is 30. The molecule has 752 valence electrons. The van der Waals surface area contributed by atoms with Crippen LogP contribution in [0.5, 0.6) is 0 Å². The molecule has 6 aromatic rings. The van der Waals surface area contributed by atoms with Gasteiger partial charge in [-0.05, 0) is 125 Å². The Morgan fingerprint density at radius 1 is 0.576 bits per heavy atom. The zero-order valence-corrected chi connectivity index (χ0v) is 80.7. The maximum Gasteiger partial charge on any atom is 0.315 e. The molecule has 0 spiro atoms. The highest BCUT2D eigenvalue weighted by Crippen LogP contribution is 2.30. The van der Waals surface area contributed by atoms with Gasteiger partial charge in [0, 0.05) is 131 Å². The number of guanidine groups is 1. The largest absolute Gasteiger partial charge is 0.394 e. The van der Waals surface area contributed by atoms with Gasteiger partial charge in [0.2, 0.25) is 82.7 Å². The van der Waals surface area contributed by atoms with E-state index in [0.29, 0.717) is 107 Å². The summed E-state index contributed by atoms with van der Waals surface area (Å²) in [6.07, 6.45) is 10.7. The summed E-state index contributed by atoms with van der Waals surface area (Å²) in [7, 11) is 5.31. The van der Waals surface area contributed by atoms with Crippen LogP contribution in [0, 0.1) is 23.2 Å². The number of hydrogen-bond donors (Lipinski definition) is 17. The third-order valence-corrected chi connectivity index (χ3v) is 25.9. The number of aliphatic hydroxyl groups excluding tert-OH is 1. The second kappa shape index (κ2) is 54.9. The summed E-state index contributed by atoms with van der Waals surface area (Å²) in [6, 6.07) is 5.72. The minimum Gasteiger partial charge on any atom is -0.394 e. The Balaban J connectivity index is 1.21. The number of unbranched alkanes of at least 4 members (excludes halogenated alkanes) is 6. The summed E-state index contributed by atoms with van der Waals surface area (Å²) in [6.45, 7) is 10.7. The summed E-state index contributed by atoms with van der Waals surface area (Å²) < 4.78 is 0. The Labute approximate surface area is 811 Å². The van der Waals surface area contributed by atoms with E-state index < -0.39 is 234 Å². The summed E-state index contributed by atoms with van der Waals surface area (Å²) in [5, 5.41) is 43.7. The molecule has 0 aliphatic carbocycles. The molecule has 139 heavy (non-hydrogen) atoms. The minimum absolute atomic E-state index is 0.00542. The quantitative estimate of drug-likeness (QED) is 0.00998. The number of thioether (sulfide) groups is 1. The highest BCUT2D eigenvalue weighted by molar-refractivity contribution is 8.00. The van der Waals surface area contributed by atoms with E-state index in [1.807, 2.05) is 17.4 Å². The van der Waals surface area contributed by atoms with Crippen LogP contribution >= 0.6 is 11.8 Å². The van der Waals surface area contributed by atoms with Crippen molar-refractivity contribution in [2.45, 2.75) is 228 Å². The van der Waals surface area contributed by atoms with Crippen LogP contribution in [0.15, 0.2) is 129 Å². The van der Waals surface area contributed by atoms with Crippen molar-refractivity contribution in [2.24, 2.45) is 35.0 Å². The molecule has 2 aliphatic rings. The Morgan fingerprint density at radius 2 is 1.16 bits per heavy atom. The van der Waals surface area contributed by atoms with Crippen molar-refractivity contribution in [1.29, 1.82) is 5.41 Å². The zero-order valence-electron chi connectivity index (χ0n) is 79.9. The van der Waals surface area contributed by atoms with Gasteiger partial charge in [-0.25, -0.2) is 4.98 Å². The van der Waals surface area contributed by atoms with Gasteiger partial charge in [-0.1, -0.05) is 118 Å². The fourth-order valence-corrected chi connectivity index (χ4v) is 18.0. The van der Waals surface area contributed by atoms with Crippen LogP contribution in [-0.4, -0.2) is 294 Å². The van der Waals surface area contributed by atoms with Crippen LogP contribution in [0.3, 0.4) is 0 Å². The SMILES string of the molecule is C=CCCCCC[C@H]1C(=O)N(C)[C@@H](CCCCCC=C)C(=O)N[C@@H](CCCNC(=N)N)C(=O)N[C@H](C(=O)NC(=O)C(N)=O)CSCC(=O)N[C@@H](Cc2ccccc2)C(=O)N(C)[C@@H](C)C(=O)N[C@@H](CC(N)=O)C(=O)N2CCC[C@H]2C(=O)N[C@@H](Cc2cnc[nH]2)C(=O)N[C@@H](CC(C)C)C(=O)N(C)CC(=O)C[C@@H](Cc2c[nH]c3ccccc23)C(=O)N[C@@H](CO)C(=O)C[C@@H](Cc2c[nH]c3ccccc23)C(=O)N1C. The van der Waals surface area contributed by atoms with Crippen molar-refractivity contribution < 1.29 is 91.4 Å². The zero-order chi connectivity index (χ0) is 102. The van der Waals surface area contributed by atoms with Gasteiger partial charge in [0.1, 0.15) is 66.5 Å². The lowest BCUT2D eigenvalue weighted by Gasteiger charge is -2.36. The predicted molar refractivity (Wildman–Crippen MR) is 520 cm³/mol. The molecule has 3 aromatic carbocycles. The maximum absolute atomic E-state index is 16.0. The number of H-pyrrole nitrogens is 3. The molecule has 42 heteroatoms. The van der Waals surface area contributed by atoms with Crippen LogP contribution < -0.4 is 65.1 Å². The number of hydrogen-bond acceptors (Lipinski definition) is 22. The van der Waals surface area contributed by atoms with Crippen molar-refractivity contribution >= 4 is 146 Å². The van der Waals surface area contributed by atoms with Gasteiger partial charge in [-0.15, -0.1) is 24.9 Å². The van der Waals surface area contributed by atoms with Crippen LogP contribution in [-0.2, 0) is 112 Å². The monoisotopic (exact) mass is 1940 g/mol. The van der Waals surface area contributed by atoms with Gasteiger partial charge in [0.25, 0.3) is 0 Å². The first-order valence-corrected chi connectivity index (χ1v) is 48.0. The van der Waals surface area contributed by atoms with Crippen molar-refractivity contribution in [2.75, 3.05) is 65.9 Å². The molecule has 13 atom stereocenters. The molecule has 2 saturated heterocycles. The molecule has 2 fully saturated rings. The molecule has 20 N–H and O–H groups in total. The molecule has 16 amide bonds. The molecule has 5 heterocycles. The second-order valence-corrected chi connectivity index (χ2v) is 36.9. The molecule has 3 aromatic heterocycles. The minimum atomic E-state index is -1.84. The number of Topliss-reactive ketones (excluding diaryl/α,β-unsaturated/α-hetero) is 2. The highest BCUT2D eigenvalue weighted by Gasteiger charge is 2.44. The van der Waals surface area contributed by atoms with E-state index in [1.54, 1.807) is 105 Å². The summed E-state index contributed by atoms with van der Waals surface area (Å²) >= 11 is 0.690. The lowest BCUT2D eigenvalue weighted by atomic mass is 9.89. The molecule has 0 unspecified atom stereocenters. The Kier molecular flexibility index (Phi) is 43.6. The number of imidazole rings is 1. The maximum atomic E-state index is 16.0. The molecule has 8 rings (SSSR count). The first kappa shape index (κ1) is 110. The highest BCUT2D eigenvalue weighted by atomic mass is 32.2. The van der Waals surface area contributed by atoms with Gasteiger partial charge in [0.15, 0.2) is 17.5 Å². The van der Waals surface area contributed by atoms with Gasteiger partial charge in [0.05, 0.1) is 31.7 Å². The topological polar surface area (TPSA) is 614 Å². The number of aromatic amines is 3. The number of likely N-dealkylation sites (N-methyl/N-ethyl adjacent to an activating group) is 4. The molecular weight excluding hydrogens is 1810 g/mol. The van der Waals surface area contributed by atoms with Crippen molar-refractivity contribution in [1.82, 2.24) is 92.3 Å². The van der Waals surface area contributed by atoms with E-state index in [1.165, 1.54) is 57.4 Å². The number of nitrogens with two attached hydrogens (primary N) is 3. The summed E-state index contributed by atoms with van der Waals surface area (Å²) in [5.74, 6) is -22.2. The standard InChI is InChI=1S/C97H134N22O19S/c1-10-12-14-16-21-36-77-89(131)108-70(35-27-39-103-97(100)101)86(128)113-76(88(130)114-91(133)83(99)125)54-139-55-82(124)107-73(42-59-29-19-18-20-30-59)94(136)116(7)58(5)84(126)110-74(48-81(98)123)95(137)119-40-28-38-78(119)90(132)109-71(47-64-51-102-56-106-64)87(129)111-72(41-57(3)4)93(135)115(6)52-65(121)45-60(43-62-49-104-68-33-25-23-31-66(62)68)85(127)112-75(53-120)80(122)46-61(44-63-50-105-69-34-26-24-32-67(63)69)92(134)118(9)79(96(138)117(77)8)37-22-17-15-13-11-2/h10-11,18-20,23-26,29-34,49-51,56-58,60-61,70-79,104-105,120H,1-2,12-17,21-22,27-28,35-48,52-55H2,3-9H3,(H2,98,123)(H2,99,125)(H,102,106)(H,107,124)(H,108,131)(H,109,132)(H,110,126)(H,111,129)(H,112,127)(H,113,128)(H4,100,101,103)(H,114,130,133)/t58-,60+,61+,70-,71-,72-,73-,74-,75-,76-,77-,78-,79-/m0/s1. The third kappa shape index (κ3) is 33.2. The van der Waals surface area contributed by atoms with E-state index in [-0.39, 0.29) is 89.6 Å². The average molecular weight is 1940 g/mol. The number of nitrogens with one attached hydrogen (secondary N) is 13. The van der Waals surface area contributed by atoms with E-state index in [4.69, 9.17) is 22.6 Å². The number of aliphatic hydroxyl groups is 1. The predicted octanol–water partition coefficient (Wildman–Crippen LogP) is 1.46. The lowest BCUT2D eigenvalue weighted by Crippen LogP contribution is -2.60. The number of carbonyl (C=O) groups is 18. The average Bonchev–Trinajstić information content (AvgIpc) is 1.80. The number of aromatic nitrogens is 4. The van der Waals surface area contributed by atoms with Crippen molar-refractivity contribution in [3.05, 3.63) is 151 Å². The molecule has 41 nitrogen and oxygen atoms in total. The number of ketones is 2.